The molecule has 7 nitrogen and oxygen atoms in total. The number of fused-ring (bicyclic) bond motifs is 5. The third-order valence-electron chi connectivity index (χ3n) is 9.83. The number of phenolic OH excluding ortho intramolecular Hbond substituents is 1. The van der Waals surface area contributed by atoms with E-state index < -0.39 is 23.3 Å². The number of hydrogen-bond acceptors (Lipinski definition) is 7. The summed E-state index contributed by atoms with van der Waals surface area (Å²) < 4.78 is 58.4. The Hall–Kier alpha value is -4.07. The Bertz CT molecular complexity index is 1850. The van der Waals surface area contributed by atoms with Gasteiger partial charge in [-0.3, -0.25) is 9.88 Å². The third kappa shape index (κ3) is 4.36. The van der Waals surface area contributed by atoms with Crippen molar-refractivity contribution in [2.75, 3.05) is 37.7 Å². The molecule has 0 spiro atoms. The highest BCUT2D eigenvalue weighted by Crippen LogP contribution is 2.43. The molecule has 10 heteroatoms. The number of nitrogens with zero attached hydrogens (tertiary/aromatic N) is 4. The van der Waals surface area contributed by atoms with Crippen molar-refractivity contribution in [1.29, 1.82) is 0 Å². The first-order chi connectivity index (χ1) is 21.3. The number of terminal acetylenes is 1. The molecule has 0 saturated carbocycles. The normalized spacial score (nSPS) is 26.4. The van der Waals surface area contributed by atoms with Crippen LogP contribution in [0.4, 0.5) is 19.0 Å². The molecule has 44 heavy (non-hydrogen) atoms. The van der Waals surface area contributed by atoms with Crippen LogP contribution in [0.2, 0.25) is 0 Å². The maximum Gasteiger partial charge on any atom is 0.216 e. The number of anilines is 1. The van der Waals surface area contributed by atoms with E-state index in [9.17, 15) is 13.9 Å². The number of pyridine rings is 2. The molecule has 226 valence electrons. The molecule has 1 N–H and O–H groups in total. The molecular weight excluding hydrogens is 569 g/mol. The molecule has 2 unspecified atom stereocenters. The van der Waals surface area contributed by atoms with E-state index in [1.807, 2.05) is 0 Å². The Morgan fingerprint density at radius 1 is 1.11 bits per heavy atom. The first kappa shape index (κ1) is 27.5. The van der Waals surface area contributed by atoms with Crippen LogP contribution in [-0.2, 0) is 4.74 Å². The number of ether oxygens (including phenoxy) is 2. The molecule has 2 aromatic heterocycles. The van der Waals surface area contributed by atoms with Crippen molar-refractivity contribution < 1.29 is 27.8 Å². The van der Waals surface area contributed by atoms with Gasteiger partial charge in [-0.25, -0.2) is 13.2 Å². The molecule has 2 aromatic carbocycles. The molecule has 0 aliphatic carbocycles. The van der Waals surface area contributed by atoms with Crippen LogP contribution >= 0.6 is 0 Å². The summed E-state index contributed by atoms with van der Waals surface area (Å²) in [5.41, 5.74) is -0.336. The number of halogens is 3. The maximum atomic E-state index is 16.8. The summed E-state index contributed by atoms with van der Waals surface area (Å²) in [4.78, 5) is 13.6. The highest BCUT2D eigenvalue weighted by atomic mass is 19.1. The number of morpholine rings is 1. The van der Waals surface area contributed by atoms with Gasteiger partial charge in [-0.2, -0.15) is 4.98 Å². The van der Waals surface area contributed by atoms with E-state index in [1.165, 1.54) is 24.3 Å². The van der Waals surface area contributed by atoms with E-state index in [4.69, 9.17) is 20.9 Å². The summed E-state index contributed by atoms with van der Waals surface area (Å²) >= 11 is 0. The van der Waals surface area contributed by atoms with Crippen molar-refractivity contribution in [2.45, 2.75) is 56.0 Å². The quantitative estimate of drug-likeness (QED) is 0.293. The lowest BCUT2D eigenvalue weighted by atomic mass is 9.95. The van der Waals surface area contributed by atoms with Crippen molar-refractivity contribution in [2.24, 2.45) is 0 Å². The van der Waals surface area contributed by atoms with E-state index in [1.54, 1.807) is 12.3 Å². The first-order valence-corrected chi connectivity index (χ1v) is 15.2. The molecule has 0 radical (unpaired) electrons. The fourth-order valence-electron chi connectivity index (χ4n) is 7.84. The van der Waals surface area contributed by atoms with Crippen LogP contribution in [0.1, 0.15) is 37.7 Å². The van der Waals surface area contributed by atoms with Crippen molar-refractivity contribution in [3.05, 3.63) is 53.7 Å². The van der Waals surface area contributed by atoms with Crippen LogP contribution < -0.4 is 9.64 Å². The van der Waals surface area contributed by atoms with E-state index >= 15 is 4.39 Å². The monoisotopic (exact) mass is 600 g/mol. The number of hydrogen-bond donors (Lipinski definition) is 1. The maximum absolute atomic E-state index is 16.8. The van der Waals surface area contributed by atoms with Gasteiger partial charge < -0.3 is 19.5 Å². The fourth-order valence-corrected chi connectivity index (χ4v) is 7.84. The van der Waals surface area contributed by atoms with Gasteiger partial charge in [0.05, 0.1) is 23.3 Å². The molecule has 4 saturated heterocycles. The topological polar surface area (TPSA) is 71.0 Å². The van der Waals surface area contributed by atoms with Gasteiger partial charge in [0.15, 0.2) is 5.82 Å². The third-order valence-corrected chi connectivity index (χ3v) is 9.83. The van der Waals surface area contributed by atoms with Crippen LogP contribution in [0.25, 0.3) is 32.8 Å². The van der Waals surface area contributed by atoms with Gasteiger partial charge in [-0.1, -0.05) is 12.0 Å². The molecule has 4 aromatic rings. The first-order valence-electron chi connectivity index (χ1n) is 15.2. The van der Waals surface area contributed by atoms with E-state index in [0.717, 1.165) is 32.2 Å². The Morgan fingerprint density at radius 2 is 1.93 bits per heavy atom. The Labute approximate surface area is 252 Å². The largest absolute Gasteiger partial charge is 0.508 e. The lowest BCUT2D eigenvalue weighted by Crippen LogP contribution is -2.44. The molecule has 4 aliphatic rings. The van der Waals surface area contributed by atoms with Crippen LogP contribution in [-0.4, -0.2) is 76.7 Å². The molecular formula is C34H31F3N4O3. The minimum atomic E-state index is -0.899. The molecule has 8 rings (SSSR count). The molecule has 4 aliphatic heterocycles. The Kier molecular flexibility index (Phi) is 6.40. The van der Waals surface area contributed by atoms with Gasteiger partial charge in [0.2, 0.25) is 5.88 Å². The minimum absolute atomic E-state index is 0.0369. The van der Waals surface area contributed by atoms with Gasteiger partial charge in [0.25, 0.3) is 0 Å². The highest BCUT2D eigenvalue weighted by Gasteiger charge is 2.49. The summed E-state index contributed by atoms with van der Waals surface area (Å²) in [7, 11) is 0. The molecule has 2 bridgehead atoms. The lowest BCUT2D eigenvalue weighted by Gasteiger charge is -2.34. The second kappa shape index (κ2) is 10.2. The molecule has 4 atom stereocenters. The molecule has 4 fully saturated rings. The number of rotatable bonds is 5. The second-order valence-corrected chi connectivity index (χ2v) is 12.6. The second-order valence-electron chi connectivity index (χ2n) is 12.6. The van der Waals surface area contributed by atoms with Crippen molar-refractivity contribution in [3.8, 4) is 35.2 Å². The fraction of sp³-hybridized carbons (Fsp3) is 0.412. The van der Waals surface area contributed by atoms with E-state index in [0.29, 0.717) is 42.6 Å². The number of aromatic nitrogens is 2. The summed E-state index contributed by atoms with van der Waals surface area (Å²) in [6.45, 7) is 2.70. The van der Waals surface area contributed by atoms with Crippen LogP contribution in [0.3, 0.4) is 0 Å². The summed E-state index contributed by atoms with van der Waals surface area (Å²) in [5, 5.41) is 12.0. The SMILES string of the molecule is C#Cc1c(F)ccc2cc(O)cc(-c3ncc4c(N5CC6CCC(C5)O6)nc(OC[C@@]56CCCN5C[C@H](F)C6)cc4c3F)c12. The van der Waals surface area contributed by atoms with Gasteiger partial charge >= 0.3 is 0 Å². The average Bonchev–Trinajstić information content (AvgIpc) is 3.66. The highest BCUT2D eigenvalue weighted by molar-refractivity contribution is 6.03. The van der Waals surface area contributed by atoms with Gasteiger partial charge in [0, 0.05) is 60.0 Å². The molecule has 0 amide bonds. The standard InChI is InChI=1S/C34H31F3N4O3/c1-2-24-28(36)7-4-19-10-21(42)11-26(30(19)24)32-31(37)25-12-29(43-18-34-8-3-9-41(34)15-20(35)13-34)39-33(27(25)14-38-32)40-16-22-5-6-23(17-40)44-22/h1,4,7,10-12,14,20,22-23,42H,3,5-6,8-9,13,15-18H2/t20-,22?,23?,34+/m1/s1. The Balaban J connectivity index is 1.28. The number of benzene rings is 2. The number of phenols is 1. The zero-order valence-electron chi connectivity index (χ0n) is 24.0. The number of aromatic hydroxyl groups is 1. The predicted octanol–water partition coefficient (Wildman–Crippen LogP) is 5.74. The molecule has 6 heterocycles. The van der Waals surface area contributed by atoms with Gasteiger partial charge in [0.1, 0.15) is 35.9 Å². The van der Waals surface area contributed by atoms with E-state index in [2.05, 4.69) is 20.7 Å². The number of alkyl halides is 1. The average molecular weight is 601 g/mol. The Morgan fingerprint density at radius 3 is 2.73 bits per heavy atom. The lowest BCUT2D eigenvalue weighted by molar-refractivity contribution is 0.0302. The van der Waals surface area contributed by atoms with Crippen molar-refractivity contribution in [1.82, 2.24) is 14.9 Å². The zero-order valence-corrected chi connectivity index (χ0v) is 24.0. The van der Waals surface area contributed by atoms with Crippen molar-refractivity contribution >= 4 is 27.4 Å². The predicted molar refractivity (Wildman–Crippen MR) is 161 cm³/mol. The van der Waals surface area contributed by atoms with Crippen LogP contribution in [0.15, 0.2) is 36.5 Å². The van der Waals surface area contributed by atoms with Gasteiger partial charge in [-0.15, -0.1) is 6.42 Å². The zero-order chi connectivity index (χ0) is 30.2. The summed E-state index contributed by atoms with van der Waals surface area (Å²) in [6, 6.07) is 7.07. The van der Waals surface area contributed by atoms with Gasteiger partial charge in [-0.05, 0) is 55.8 Å². The van der Waals surface area contributed by atoms with Crippen molar-refractivity contribution in [3.63, 3.8) is 0 Å². The summed E-state index contributed by atoms with van der Waals surface area (Å²) in [5.74, 6) is 1.74. The van der Waals surface area contributed by atoms with Crippen LogP contribution in [0, 0.1) is 24.0 Å². The van der Waals surface area contributed by atoms with E-state index in [-0.39, 0.29) is 58.0 Å². The summed E-state index contributed by atoms with van der Waals surface area (Å²) in [6.07, 6.45) is 10.6. The van der Waals surface area contributed by atoms with Crippen LogP contribution in [0.5, 0.6) is 11.6 Å². The smallest absolute Gasteiger partial charge is 0.216 e. The minimum Gasteiger partial charge on any atom is -0.508 e.